The molecule has 1 heterocycles. The lowest BCUT2D eigenvalue weighted by molar-refractivity contribution is -0.140. The molecule has 0 saturated carbocycles. The SMILES string of the molecule is CCN(CC)CCN1C(=O)C(=O)C(=C(O)c2ccc(OC(C)C)cc2)[C@H]1c1ccc(C(C)C)cc1. The molecular formula is C29H38N2O4. The molecule has 0 radical (unpaired) electrons. The fourth-order valence-electron chi connectivity index (χ4n) is 4.43. The number of benzene rings is 2. The van der Waals surface area contributed by atoms with Crippen molar-refractivity contribution in [2.45, 2.75) is 59.6 Å². The van der Waals surface area contributed by atoms with Gasteiger partial charge in [-0.15, -0.1) is 0 Å². The Bertz CT molecular complexity index is 1050. The van der Waals surface area contributed by atoms with Gasteiger partial charge in [-0.3, -0.25) is 9.59 Å². The first-order valence-electron chi connectivity index (χ1n) is 12.6. The van der Waals surface area contributed by atoms with E-state index in [1.54, 1.807) is 29.2 Å². The summed E-state index contributed by atoms with van der Waals surface area (Å²) >= 11 is 0. The van der Waals surface area contributed by atoms with E-state index < -0.39 is 17.7 Å². The molecule has 2 aromatic carbocycles. The average Bonchev–Trinajstić information content (AvgIpc) is 3.09. The second-order valence-electron chi connectivity index (χ2n) is 9.53. The number of amides is 1. The van der Waals surface area contributed by atoms with Gasteiger partial charge in [0.25, 0.3) is 11.7 Å². The van der Waals surface area contributed by atoms with Crippen molar-refractivity contribution in [3.05, 3.63) is 70.8 Å². The van der Waals surface area contributed by atoms with Gasteiger partial charge < -0.3 is 19.6 Å². The third kappa shape index (κ3) is 5.93. The normalized spacial score (nSPS) is 17.7. The summed E-state index contributed by atoms with van der Waals surface area (Å²) in [6, 6.07) is 14.3. The number of aliphatic hydroxyl groups excluding tert-OH is 1. The molecule has 3 rings (SSSR count). The standard InChI is InChI=1S/C29H38N2O4/c1-7-30(8-2)17-18-31-26(22-11-9-21(10-12-22)19(3)4)25(28(33)29(31)34)27(32)23-13-15-24(16-14-23)35-20(5)6/h9-16,19-20,26,32H,7-8,17-18H2,1-6H3/t26-/m1/s1. The van der Waals surface area contributed by atoms with E-state index in [-0.39, 0.29) is 17.4 Å². The molecule has 6 nitrogen and oxygen atoms in total. The minimum atomic E-state index is -0.650. The Morgan fingerprint density at radius 2 is 1.57 bits per heavy atom. The molecule has 1 amide bonds. The van der Waals surface area contributed by atoms with Crippen LogP contribution in [0.3, 0.4) is 0 Å². The molecule has 35 heavy (non-hydrogen) atoms. The van der Waals surface area contributed by atoms with Gasteiger partial charge in [0.15, 0.2) is 0 Å². The molecule has 1 fully saturated rings. The lowest BCUT2D eigenvalue weighted by atomic mass is 9.93. The van der Waals surface area contributed by atoms with Crippen molar-refractivity contribution in [3.8, 4) is 5.75 Å². The number of carbonyl (C=O) groups excluding carboxylic acids is 2. The first-order chi connectivity index (χ1) is 16.7. The number of aliphatic hydroxyl groups is 1. The zero-order valence-electron chi connectivity index (χ0n) is 21.7. The summed E-state index contributed by atoms with van der Waals surface area (Å²) in [6.45, 7) is 15.1. The summed E-state index contributed by atoms with van der Waals surface area (Å²) < 4.78 is 5.69. The van der Waals surface area contributed by atoms with Gasteiger partial charge in [-0.1, -0.05) is 52.0 Å². The van der Waals surface area contributed by atoms with Gasteiger partial charge in [-0.05, 0) is 68.2 Å². The van der Waals surface area contributed by atoms with Crippen molar-refractivity contribution in [2.24, 2.45) is 0 Å². The van der Waals surface area contributed by atoms with E-state index >= 15 is 0 Å². The summed E-state index contributed by atoms with van der Waals surface area (Å²) in [4.78, 5) is 30.2. The molecule has 1 saturated heterocycles. The predicted octanol–water partition coefficient (Wildman–Crippen LogP) is 5.36. The number of nitrogens with zero attached hydrogens (tertiary/aromatic N) is 2. The topological polar surface area (TPSA) is 70.1 Å². The number of hydrogen-bond donors (Lipinski definition) is 1. The maximum absolute atomic E-state index is 13.2. The van der Waals surface area contributed by atoms with Crippen LogP contribution in [0.2, 0.25) is 0 Å². The first kappa shape index (κ1) is 26.5. The average molecular weight is 479 g/mol. The van der Waals surface area contributed by atoms with Crippen molar-refractivity contribution in [3.63, 3.8) is 0 Å². The van der Waals surface area contributed by atoms with Crippen LogP contribution in [0.5, 0.6) is 5.75 Å². The molecule has 1 atom stereocenters. The molecule has 1 N–H and O–H groups in total. The number of likely N-dealkylation sites (N-methyl/N-ethyl adjacent to an activating group) is 1. The van der Waals surface area contributed by atoms with Crippen LogP contribution in [0, 0.1) is 0 Å². The van der Waals surface area contributed by atoms with Crippen LogP contribution in [0.25, 0.3) is 5.76 Å². The summed E-state index contributed by atoms with van der Waals surface area (Å²) in [7, 11) is 0. The van der Waals surface area contributed by atoms with Crippen molar-refractivity contribution in [1.82, 2.24) is 9.80 Å². The van der Waals surface area contributed by atoms with E-state index in [1.807, 2.05) is 38.1 Å². The molecule has 0 aliphatic carbocycles. The molecule has 1 aliphatic rings. The third-order valence-electron chi connectivity index (χ3n) is 6.51. The maximum atomic E-state index is 13.2. The minimum absolute atomic E-state index is 0.0272. The molecule has 0 unspecified atom stereocenters. The number of Topliss-reactive ketones (excluding diaryl/α,β-unsaturated/α-hetero) is 1. The van der Waals surface area contributed by atoms with E-state index in [4.69, 9.17) is 4.74 Å². The number of likely N-dealkylation sites (tertiary alicyclic amines) is 1. The zero-order chi connectivity index (χ0) is 25.7. The van der Waals surface area contributed by atoms with E-state index in [2.05, 4.69) is 32.6 Å². The highest BCUT2D eigenvalue weighted by atomic mass is 16.5. The van der Waals surface area contributed by atoms with Crippen LogP contribution in [-0.2, 0) is 9.59 Å². The van der Waals surface area contributed by atoms with Crippen LogP contribution in [-0.4, -0.2) is 58.9 Å². The Morgan fingerprint density at radius 1 is 0.971 bits per heavy atom. The molecule has 0 aromatic heterocycles. The van der Waals surface area contributed by atoms with Gasteiger partial charge in [-0.2, -0.15) is 0 Å². The number of ether oxygens (including phenoxy) is 1. The fraction of sp³-hybridized carbons (Fsp3) is 0.448. The minimum Gasteiger partial charge on any atom is -0.507 e. The molecular weight excluding hydrogens is 440 g/mol. The highest BCUT2D eigenvalue weighted by Gasteiger charge is 2.45. The second kappa shape index (κ2) is 11.5. The van der Waals surface area contributed by atoms with Gasteiger partial charge in [0.05, 0.1) is 17.7 Å². The molecule has 188 valence electrons. The Hall–Kier alpha value is -3.12. The second-order valence-corrected chi connectivity index (χ2v) is 9.53. The lowest BCUT2D eigenvalue weighted by Crippen LogP contribution is -2.38. The van der Waals surface area contributed by atoms with Crippen LogP contribution < -0.4 is 4.74 Å². The smallest absolute Gasteiger partial charge is 0.295 e. The maximum Gasteiger partial charge on any atom is 0.295 e. The molecule has 0 spiro atoms. The van der Waals surface area contributed by atoms with Crippen molar-refractivity contribution < 1.29 is 19.4 Å². The Morgan fingerprint density at radius 3 is 2.09 bits per heavy atom. The Kier molecular flexibility index (Phi) is 8.73. The monoisotopic (exact) mass is 478 g/mol. The summed E-state index contributed by atoms with van der Waals surface area (Å²) in [5.74, 6) is -0.344. The first-order valence-corrected chi connectivity index (χ1v) is 12.6. The van der Waals surface area contributed by atoms with Crippen molar-refractivity contribution in [2.75, 3.05) is 26.2 Å². The van der Waals surface area contributed by atoms with E-state index in [0.29, 0.717) is 30.3 Å². The molecule has 6 heteroatoms. The van der Waals surface area contributed by atoms with Crippen LogP contribution in [0.4, 0.5) is 0 Å². The van der Waals surface area contributed by atoms with E-state index in [0.717, 1.165) is 18.7 Å². The van der Waals surface area contributed by atoms with Gasteiger partial charge in [-0.25, -0.2) is 0 Å². The van der Waals surface area contributed by atoms with Gasteiger partial charge in [0.1, 0.15) is 11.5 Å². The van der Waals surface area contributed by atoms with Crippen molar-refractivity contribution >= 4 is 17.4 Å². The summed E-state index contributed by atoms with van der Waals surface area (Å²) in [6.07, 6.45) is 0.0272. The fourth-order valence-corrected chi connectivity index (χ4v) is 4.43. The largest absolute Gasteiger partial charge is 0.507 e. The van der Waals surface area contributed by atoms with Gasteiger partial charge >= 0.3 is 0 Å². The Labute approximate surface area is 209 Å². The zero-order valence-corrected chi connectivity index (χ0v) is 21.7. The van der Waals surface area contributed by atoms with Gasteiger partial charge in [0.2, 0.25) is 0 Å². The quantitative estimate of drug-likeness (QED) is 0.283. The van der Waals surface area contributed by atoms with Crippen LogP contribution >= 0.6 is 0 Å². The molecule has 2 aromatic rings. The van der Waals surface area contributed by atoms with E-state index in [1.165, 1.54) is 5.56 Å². The molecule has 1 aliphatic heterocycles. The number of rotatable bonds is 10. The van der Waals surface area contributed by atoms with Crippen molar-refractivity contribution in [1.29, 1.82) is 0 Å². The van der Waals surface area contributed by atoms with Crippen LogP contribution in [0.1, 0.15) is 70.2 Å². The summed E-state index contributed by atoms with van der Waals surface area (Å²) in [5, 5.41) is 11.3. The Balaban J connectivity index is 2.05. The number of carbonyl (C=O) groups is 2. The number of ketones is 1. The lowest BCUT2D eigenvalue weighted by Gasteiger charge is -2.28. The highest BCUT2D eigenvalue weighted by Crippen LogP contribution is 2.39. The number of hydrogen-bond acceptors (Lipinski definition) is 5. The summed E-state index contributed by atoms with van der Waals surface area (Å²) in [5.41, 5.74) is 2.60. The predicted molar refractivity (Wildman–Crippen MR) is 140 cm³/mol. The highest BCUT2D eigenvalue weighted by molar-refractivity contribution is 6.46. The third-order valence-corrected chi connectivity index (χ3v) is 6.51. The van der Waals surface area contributed by atoms with E-state index in [9.17, 15) is 14.7 Å². The molecule has 0 bridgehead atoms. The van der Waals surface area contributed by atoms with Gasteiger partial charge in [0, 0.05) is 18.7 Å². The van der Waals surface area contributed by atoms with Crippen LogP contribution in [0.15, 0.2) is 54.1 Å².